The van der Waals surface area contributed by atoms with Gasteiger partial charge in [-0.05, 0) is 89.9 Å². The van der Waals surface area contributed by atoms with Crippen LogP contribution >= 0.6 is 0 Å². The van der Waals surface area contributed by atoms with Crippen LogP contribution < -0.4 is 24.8 Å². The monoisotopic (exact) mass is 1060 g/mol. The summed E-state index contributed by atoms with van der Waals surface area (Å²) in [5.41, 5.74) is 18.2. The topological polar surface area (TPSA) is 0 Å². The van der Waals surface area contributed by atoms with Crippen LogP contribution in [0.4, 0.5) is 13.2 Å². The third-order valence-electron chi connectivity index (χ3n) is 13.2. The standard InChI is InChI=1S/C53H45.C8H5F3.C5H5.2ClH.Zr/c1-52(2,3)50-32-46-40(30-48(50)44-21-13-11-19-42(44)38-25-23-34-15-7-9-17-36(34)27-38)29-41-31-49(51(33-47(41)46)53(4,5)6)45-22-14-12-20-43(45)39-26-24-35-16-8-10-18-37(35)28-39;1-6-2-4-7(5-3-6)8(9,10)11;1-2-4-5-3-1;;;/h7-28,30,32-33H,29H2,1-6H3;1-5H;1-5H;2*1H;/q-1;;-1;;;+2/p-2. The normalized spacial score (nSPS) is 11.8. The number of benzene rings is 9. The molecule has 0 N–H and O–H groups in total. The minimum Gasteiger partial charge on any atom is -1.00 e. The average molecular weight is 1070 g/mol. The van der Waals surface area contributed by atoms with E-state index in [4.69, 9.17) is 0 Å². The molecule has 0 saturated carbocycles. The second kappa shape index (κ2) is 22.4. The molecule has 0 aromatic heterocycles. The van der Waals surface area contributed by atoms with Crippen LogP contribution in [0.5, 0.6) is 0 Å². The zero-order chi connectivity index (χ0) is 49.2. The van der Waals surface area contributed by atoms with E-state index in [1.54, 1.807) is 0 Å². The molecule has 6 heteroatoms. The third-order valence-corrected chi connectivity index (χ3v) is 14.0. The van der Waals surface area contributed by atoms with Gasteiger partial charge in [0.2, 0.25) is 0 Å². The molecule has 0 unspecified atom stereocenters. The zero-order valence-corrected chi connectivity index (χ0v) is 45.3. The molecule has 0 aliphatic heterocycles. The van der Waals surface area contributed by atoms with E-state index < -0.39 is 11.7 Å². The molecular formula is C66H55Cl2F3Zr-2. The van der Waals surface area contributed by atoms with Crippen LogP contribution in [0, 0.1) is 6.07 Å². The van der Waals surface area contributed by atoms with E-state index >= 15 is 0 Å². The van der Waals surface area contributed by atoms with Crippen molar-refractivity contribution in [1.29, 1.82) is 0 Å². The van der Waals surface area contributed by atoms with Gasteiger partial charge >= 0.3 is 82.7 Å². The van der Waals surface area contributed by atoms with Crippen molar-refractivity contribution in [3.05, 3.63) is 246 Å². The number of hydrogen-bond acceptors (Lipinski definition) is 0. The molecular weight excluding hydrogens is 1010 g/mol. The van der Waals surface area contributed by atoms with Crippen LogP contribution in [-0.4, -0.2) is 3.71 Å². The summed E-state index contributed by atoms with van der Waals surface area (Å²) in [6, 6.07) is 75.6. The first-order chi connectivity index (χ1) is 33.6. The molecule has 0 spiro atoms. The van der Waals surface area contributed by atoms with Crippen molar-refractivity contribution in [1.82, 2.24) is 0 Å². The van der Waals surface area contributed by atoms with Gasteiger partial charge in [0.25, 0.3) is 0 Å². The van der Waals surface area contributed by atoms with Gasteiger partial charge in [0, 0.05) is 0 Å². The molecule has 11 rings (SSSR count). The molecule has 1 aliphatic rings. The molecule has 0 saturated heterocycles. The van der Waals surface area contributed by atoms with Crippen LogP contribution in [0.25, 0.3) is 77.2 Å². The molecule has 0 fully saturated rings. The Morgan fingerprint density at radius 2 is 0.931 bits per heavy atom. The molecule has 0 amide bonds. The fourth-order valence-corrected chi connectivity index (χ4v) is 10.0. The molecule has 0 atom stereocenters. The van der Waals surface area contributed by atoms with Crippen molar-refractivity contribution in [2.75, 3.05) is 0 Å². The van der Waals surface area contributed by atoms with E-state index in [9.17, 15) is 13.2 Å². The van der Waals surface area contributed by atoms with Crippen molar-refractivity contribution >= 4 is 25.3 Å². The first-order valence-corrected chi connectivity index (χ1v) is 25.3. The Morgan fingerprint density at radius 1 is 0.458 bits per heavy atom. The van der Waals surface area contributed by atoms with Crippen molar-refractivity contribution in [2.24, 2.45) is 0 Å². The Hall–Kier alpha value is -6.03. The van der Waals surface area contributed by atoms with Gasteiger partial charge in [-0.15, -0.1) is 28.8 Å². The van der Waals surface area contributed by atoms with Gasteiger partial charge in [-0.3, -0.25) is 0 Å². The molecule has 10 aromatic carbocycles. The summed E-state index contributed by atoms with van der Waals surface area (Å²) in [5.74, 6) is 0. The predicted molar refractivity (Wildman–Crippen MR) is 286 cm³/mol. The summed E-state index contributed by atoms with van der Waals surface area (Å²) >= 11 is 1.18. The fourth-order valence-electron chi connectivity index (χ4n) is 9.57. The molecule has 0 heterocycles. The van der Waals surface area contributed by atoms with Gasteiger partial charge in [-0.25, -0.2) is 12.1 Å². The molecule has 360 valence electrons. The number of alkyl halides is 3. The van der Waals surface area contributed by atoms with Gasteiger partial charge in [-0.2, -0.15) is 18.2 Å². The summed E-state index contributed by atoms with van der Waals surface area (Å²) in [7, 11) is 0. The largest absolute Gasteiger partial charge is 1.00 e. The first-order valence-electron chi connectivity index (χ1n) is 23.9. The quantitative estimate of drug-likeness (QED) is 0.151. The number of fused-ring (bicyclic) bond motifs is 5. The summed E-state index contributed by atoms with van der Waals surface area (Å²) in [6.07, 6.45) is -3.35. The van der Waals surface area contributed by atoms with Crippen LogP contribution in [0.1, 0.15) is 74.9 Å². The minimum atomic E-state index is -4.22. The zero-order valence-electron chi connectivity index (χ0n) is 41.3. The SMILES string of the molecule is CC(C)(C)c1cc2c([c-]c1-c1ccccc1-c1ccc3ccccc3c1)Cc1cc(-c3ccccc3-c3ccc4ccccc4c3)c(C(C)(C)C)cc1-2.FC(F)(F)c1ccc([CH]=[Zr+2])cc1.[Cl-].[Cl-].c1cc[cH-]c1. The Labute approximate surface area is 450 Å². The van der Waals surface area contributed by atoms with Crippen LogP contribution in [0.2, 0.25) is 0 Å². The number of halogens is 5. The second-order valence-electron chi connectivity index (χ2n) is 20.1. The Morgan fingerprint density at radius 3 is 1.42 bits per heavy atom. The molecule has 10 aromatic rings. The van der Waals surface area contributed by atoms with E-state index in [0.717, 1.165) is 24.1 Å². The van der Waals surface area contributed by atoms with Crippen molar-refractivity contribution in [2.45, 2.75) is 65.0 Å². The maximum absolute atomic E-state index is 12.0. The van der Waals surface area contributed by atoms with Crippen molar-refractivity contribution in [3.8, 4) is 55.6 Å². The van der Waals surface area contributed by atoms with Gasteiger partial charge in [0.05, 0.1) is 0 Å². The van der Waals surface area contributed by atoms with Crippen molar-refractivity contribution < 1.29 is 62.2 Å². The number of rotatable bonds is 5. The second-order valence-corrected chi connectivity index (χ2v) is 20.8. The van der Waals surface area contributed by atoms with Gasteiger partial charge in [-0.1, -0.05) is 197 Å². The maximum atomic E-state index is 12.0. The van der Waals surface area contributed by atoms with Crippen molar-refractivity contribution in [3.63, 3.8) is 0 Å². The first kappa shape index (κ1) is 53.8. The predicted octanol–water partition coefficient (Wildman–Crippen LogP) is 12.4. The van der Waals surface area contributed by atoms with E-state index in [-0.39, 0.29) is 35.6 Å². The van der Waals surface area contributed by atoms with E-state index in [1.165, 1.54) is 136 Å². The fraction of sp³-hybridized carbons (Fsp3) is 0.152. The Bertz CT molecular complexity index is 3280. The molecule has 0 radical (unpaired) electrons. The molecule has 0 nitrogen and oxygen atoms in total. The van der Waals surface area contributed by atoms with E-state index in [0.29, 0.717) is 0 Å². The van der Waals surface area contributed by atoms with E-state index in [2.05, 4.69) is 199 Å². The Kier molecular flexibility index (Phi) is 16.7. The smallest absolute Gasteiger partial charge is 0.172 e. The van der Waals surface area contributed by atoms with Crippen LogP contribution in [0.3, 0.4) is 0 Å². The van der Waals surface area contributed by atoms with Crippen LogP contribution in [0.15, 0.2) is 206 Å². The molecule has 72 heavy (non-hydrogen) atoms. The summed E-state index contributed by atoms with van der Waals surface area (Å²) in [5, 5.41) is 5.06. The number of hydrogen-bond donors (Lipinski definition) is 0. The Balaban J connectivity index is 0.000000340. The van der Waals surface area contributed by atoms with Gasteiger partial charge < -0.3 is 24.8 Å². The average Bonchev–Trinajstić information content (AvgIpc) is 4.07. The van der Waals surface area contributed by atoms with Gasteiger partial charge in [0.15, 0.2) is 0 Å². The van der Waals surface area contributed by atoms with E-state index in [1.807, 2.05) is 34.0 Å². The van der Waals surface area contributed by atoms with Gasteiger partial charge in [0.1, 0.15) is 0 Å². The molecule has 1 aliphatic carbocycles. The summed E-state index contributed by atoms with van der Waals surface area (Å²) in [6.45, 7) is 14.1. The summed E-state index contributed by atoms with van der Waals surface area (Å²) < 4.78 is 37.9. The van der Waals surface area contributed by atoms with Crippen LogP contribution in [-0.2, 0) is 47.7 Å². The third kappa shape index (κ3) is 11.7. The molecule has 0 bridgehead atoms. The summed E-state index contributed by atoms with van der Waals surface area (Å²) in [4.78, 5) is 0. The maximum Gasteiger partial charge on any atom is -0.172 e. The minimum absolute atomic E-state index is 0.